The summed E-state index contributed by atoms with van der Waals surface area (Å²) in [5.41, 5.74) is 0. The molecule has 0 aliphatic rings. The number of alkyl halides is 21. The van der Waals surface area contributed by atoms with Crippen molar-refractivity contribution in [1.29, 1.82) is 0 Å². The van der Waals surface area contributed by atoms with Crippen LogP contribution in [0.4, 0.5) is 119 Å². The van der Waals surface area contributed by atoms with Crippen LogP contribution in [0.3, 0.4) is 0 Å². The highest BCUT2D eigenvalue weighted by atomic mass is 35.7. The maximum atomic E-state index is 13.9. The second-order valence-electron chi connectivity index (χ2n) is 8.71. The van der Waals surface area contributed by atoms with E-state index in [1.807, 2.05) is 0 Å². The van der Waals surface area contributed by atoms with Crippen molar-refractivity contribution in [3.05, 3.63) is 35.1 Å². The third kappa shape index (κ3) is 5.89. The Morgan fingerprint density at radius 2 is 0.740 bits per heavy atom. The topological polar surface area (TPSA) is 43.4 Å². The lowest BCUT2D eigenvalue weighted by Gasteiger charge is -2.44. The van der Waals surface area contributed by atoms with Gasteiger partial charge in [-0.05, 0) is 0 Å². The fraction of sp³-hybridized carbons (Fsp3) is 0.556. The van der Waals surface area contributed by atoms with Crippen LogP contribution < -0.4 is 4.74 Å². The van der Waals surface area contributed by atoms with E-state index in [0.29, 0.717) is 0 Å². The van der Waals surface area contributed by atoms with Gasteiger partial charge in [0, 0.05) is 10.7 Å². The number of ether oxygens (including phenoxy) is 1. The summed E-state index contributed by atoms with van der Waals surface area (Å²) in [6.07, 6.45) is -8.23. The molecule has 0 amide bonds. The summed E-state index contributed by atoms with van der Waals surface area (Å²) in [7, 11) is -1.92. The van der Waals surface area contributed by atoms with Gasteiger partial charge in [0.05, 0.1) is 0 Å². The molecule has 0 aliphatic carbocycles. The summed E-state index contributed by atoms with van der Waals surface area (Å²) in [4.78, 5) is -3.14. The van der Waals surface area contributed by atoms with E-state index in [-0.39, 0.29) is 0 Å². The molecule has 0 radical (unpaired) electrons. The normalized spacial score (nSPS) is 16.1. The molecular formula is C18ClF27O3S. The van der Waals surface area contributed by atoms with Crippen LogP contribution in [0, 0.1) is 23.3 Å². The molecule has 0 atom stereocenters. The standard InChI is InChI=1S/C18ClF27O3S/c19-50(47,48)6-4(23)2(21)1(20)3(22)5(6)49-8(25)7(24)9(26,27)10(28,29)11(30,31)12(32,33)13(34,35)14(36,37)15(38,39)16(40,41)17(42,43)18(44,45)46. The van der Waals surface area contributed by atoms with Crippen LogP contribution in [-0.2, 0) is 9.05 Å². The highest BCUT2D eigenvalue weighted by Crippen LogP contribution is 2.66. The summed E-state index contributed by atoms with van der Waals surface area (Å²) < 4.78 is 388. The van der Waals surface area contributed by atoms with Gasteiger partial charge < -0.3 is 4.74 Å². The third-order valence-corrected chi connectivity index (χ3v) is 6.89. The Balaban J connectivity index is 3.99. The zero-order chi connectivity index (χ0) is 40.8. The molecule has 0 fully saturated rings. The Labute approximate surface area is 257 Å². The van der Waals surface area contributed by atoms with Crippen molar-refractivity contribution in [2.75, 3.05) is 0 Å². The predicted octanol–water partition coefficient (Wildman–Crippen LogP) is 9.94. The van der Waals surface area contributed by atoms with Gasteiger partial charge in [-0.15, -0.1) is 0 Å². The van der Waals surface area contributed by atoms with Crippen LogP contribution >= 0.6 is 10.7 Å². The Kier molecular flexibility index (Phi) is 10.9. The van der Waals surface area contributed by atoms with E-state index in [1.54, 1.807) is 0 Å². The lowest BCUT2D eigenvalue weighted by molar-refractivity contribution is -0.473. The molecule has 0 saturated carbocycles. The zero-order valence-electron chi connectivity index (χ0n) is 21.2. The first-order valence-corrected chi connectivity index (χ1v) is 12.8. The smallest absolute Gasteiger partial charge is 0.425 e. The molecule has 1 rings (SSSR count). The van der Waals surface area contributed by atoms with Gasteiger partial charge in [0.25, 0.3) is 9.05 Å². The van der Waals surface area contributed by atoms with Crippen molar-refractivity contribution >= 4 is 19.7 Å². The quantitative estimate of drug-likeness (QED) is 0.0693. The fourth-order valence-electron chi connectivity index (χ4n) is 2.85. The van der Waals surface area contributed by atoms with Crippen molar-refractivity contribution in [3.63, 3.8) is 0 Å². The van der Waals surface area contributed by atoms with Crippen LogP contribution in [0.2, 0.25) is 0 Å². The molecule has 0 heterocycles. The average Bonchev–Trinajstić information content (AvgIpc) is 2.91. The first-order valence-electron chi connectivity index (χ1n) is 10.5. The Hall–Kier alpha value is -2.89. The van der Waals surface area contributed by atoms with Crippen LogP contribution in [0.5, 0.6) is 5.75 Å². The minimum absolute atomic E-state index is 2.72. The van der Waals surface area contributed by atoms with Crippen molar-refractivity contribution in [1.82, 2.24) is 0 Å². The first-order chi connectivity index (χ1) is 21.4. The van der Waals surface area contributed by atoms with E-state index < -0.39 is 114 Å². The molecule has 0 bridgehead atoms. The van der Waals surface area contributed by atoms with E-state index in [2.05, 4.69) is 15.4 Å². The molecule has 292 valence electrons. The van der Waals surface area contributed by atoms with Crippen molar-refractivity contribution in [2.24, 2.45) is 0 Å². The second kappa shape index (κ2) is 12.1. The van der Waals surface area contributed by atoms with Crippen LogP contribution in [0.1, 0.15) is 0 Å². The highest BCUT2D eigenvalue weighted by Gasteiger charge is 2.98. The molecule has 3 nitrogen and oxygen atoms in total. The van der Waals surface area contributed by atoms with E-state index in [9.17, 15) is 127 Å². The lowest BCUT2D eigenvalue weighted by atomic mass is 9.86. The molecule has 0 N–H and O–H groups in total. The van der Waals surface area contributed by atoms with Crippen LogP contribution in [0.15, 0.2) is 16.7 Å². The molecule has 0 unspecified atom stereocenters. The molecule has 50 heavy (non-hydrogen) atoms. The van der Waals surface area contributed by atoms with Crippen molar-refractivity contribution < 1.29 is 132 Å². The summed E-state index contributed by atoms with van der Waals surface area (Å²) in [6.45, 7) is 0. The molecule has 0 aromatic heterocycles. The summed E-state index contributed by atoms with van der Waals surface area (Å²) >= 11 is 0. The Bertz CT molecular complexity index is 1640. The first kappa shape index (κ1) is 45.1. The van der Waals surface area contributed by atoms with Gasteiger partial charge in [0.15, 0.2) is 22.3 Å². The zero-order valence-corrected chi connectivity index (χ0v) is 22.8. The molecule has 0 saturated heterocycles. The van der Waals surface area contributed by atoms with Gasteiger partial charge in [-0.2, -0.15) is 105 Å². The number of allylic oxidation sites excluding steroid dienone is 1. The number of rotatable bonds is 12. The molecule has 1 aromatic rings. The summed E-state index contributed by atoms with van der Waals surface area (Å²) in [5, 5.41) is 0. The highest BCUT2D eigenvalue weighted by molar-refractivity contribution is 8.13. The summed E-state index contributed by atoms with van der Waals surface area (Å²) in [6, 6.07) is -4.71. The number of hydrogen-bond acceptors (Lipinski definition) is 3. The third-order valence-electron chi connectivity index (χ3n) is 5.58. The SMILES string of the molecule is O=S(=O)(Cl)c1c(F)c(F)c(F)c(F)c1OC(F)=C(F)C(F)(F)C(F)(F)C(F)(F)C(F)(F)C(F)(F)C(F)(F)C(F)(F)C(F)(F)C(F)(F)C(F)(F)F. The Morgan fingerprint density at radius 3 is 1.04 bits per heavy atom. The summed E-state index contributed by atoms with van der Waals surface area (Å²) in [5.74, 6) is -106. The lowest BCUT2D eigenvalue weighted by Crippen LogP contribution is -2.76. The van der Waals surface area contributed by atoms with Gasteiger partial charge in [0.1, 0.15) is 0 Å². The maximum Gasteiger partial charge on any atom is 0.460 e. The monoisotopic (exact) mass is 844 g/mol. The van der Waals surface area contributed by atoms with Gasteiger partial charge in [0.2, 0.25) is 17.5 Å². The number of benzene rings is 1. The minimum Gasteiger partial charge on any atom is -0.425 e. The fourth-order valence-corrected chi connectivity index (χ4v) is 3.92. The number of hydrogen-bond donors (Lipinski definition) is 0. The van der Waals surface area contributed by atoms with Crippen LogP contribution in [0.25, 0.3) is 0 Å². The molecular weight excluding hydrogens is 845 g/mol. The van der Waals surface area contributed by atoms with E-state index in [0.717, 1.165) is 0 Å². The van der Waals surface area contributed by atoms with Crippen molar-refractivity contribution in [3.8, 4) is 5.75 Å². The maximum absolute atomic E-state index is 13.9. The van der Waals surface area contributed by atoms with E-state index in [1.165, 1.54) is 0 Å². The largest absolute Gasteiger partial charge is 0.460 e. The predicted molar refractivity (Wildman–Crippen MR) is 99.8 cm³/mol. The Morgan fingerprint density at radius 1 is 0.460 bits per heavy atom. The van der Waals surface area contributed by atoms with E-state index in [4.69, 9.17) is 0 Å². The van der Waals surface area contributed by atoms with E-state index >= 15 is 0 Å². The van der Waals surface area contributed by atoms with Gasteiger partial charge in [-0.3, -0.25) is 0 Å². The van der Waals surface area contributed by atoms with Gasteiger partial charge >= 0.3 is 65.5 Å². The molecule has 0 spiro atoms. The van der Waals surface area contributed by atoms with Crippen molar-refractivity contribution in [2.45, 2.75) is 64.4 Å². The molecule has 32 heteroatoms. The number of halogens is 28. The molecule has 1 aromatic carbocycles. The van der Waals surface area contributed by atoms with Crippen LogP contribution in [-0.4, -0.2) is 67.9 Å². The average molecular weight is 845 g/mol. The molecule has 0 aliphatic heterocycles. The van der Waals surface area contributed by atoms with Gasteiger partial charge in [-0.25, -0.2) is 21.6 Å². The minimum atomic E-state index is -9.66. The second-order valence-corrected chi connectivity index (χ2v) is 11.2. The van der Waals surface area contributed by atoms with Gasteiger partial charge in [-0.1, -0.05) is 0 Å².